The molecule has 0 saturated carbocycles. The third kappa shape index (κ3) is 4.53. The minimum absolute atomic E-state index is 0.116. The highest BCUT2D eigenvalue weighted by molar-refractivity contribution is 6.02. The molecule has 2 amide bonds. The van der Waals surface area contributed by atoms with E-state index in [2.05, 4.69) is 15.4 Å². The van der Waals surface area contributed by atoms with Crippen molar-refractivity contribution in [2.45, 2.75) is 32.2 Å². The zero-order valence-corrected chi connectivity index (χ0v) is 14.8. The van der Waals surface area contributed by atoms with Crippen LogP contribution < -0.4 is 5.32 Å². The minimum Gasteiger partial charge on any atom is -0.350 e. The van der Waals surface area contributed by atoms with E-state index < -0.39 is 0 Å². The van der Waals surface area contributed by atoms with Gasteiger partial charge in [-0.15, -0.1) is 0 Å². The molecule has 134 valence electrons. The summed E-state index contributed by atoms with van der Waals surface area (Å²) >= 11 is 0. The van der Waals surface area contributed by atoms with Crippen LogP contribution in [0.3, 0.4) is 0 Å². The second-order valence-corrected chi connectivity index (χ2v) is 6.25. The molecule has 1 unspecified atom stereocenters. The van der Waals surface area contributed by atoms with Crippen molar-refractivity contribution in [1.82, 2.24) is 15.3 Å². The number of rotatable bonds is 6. The summed E-state index contributed by atoms with van der Waals surface area (Å²) in [7, 11) is 0. The molecular weight excluding hydrogens is 328 g/mol. The highest BCUT2D eigenvalue weighted by atomic mass is 16.2. The molecule has 2 aromatic rings. The van der Waals surface area contributed by atoms with Gasteiger partial charge < -0.3 is 5.32 Å². The van der Waals surface area contributed by atoms with Crippen LogP contribution in [0, 0.1) is 0 Å². The highest BCUT2D eigenvalue weighted by Gasteiger charge is 2.22. The van der Waals surface area contributed by atoms with Crippen LogP contribution in [0.15, 0.2) is 60.0 Å². The van der Waals surface area contributed by atoms with Crippen LogP contribution in [0.4, 0.5) is 0 Å². The second-order valence-electron chi connectivity index (χ2n) is 6.25. The molecule has 0 aliphatic carbocycles. The van der Waals surface area contributed by atoms with Crippen LogP contribution in [0.25, 0.3) is 0 Å². The Morgan fingerprint density at radius 1 is 1.12 bits per heavy atom. The number of carbonyl (C=O) groups is 2. The topological polar surface area (TPSA) is 74.7 Å². The molecule has 1 aromatic heterocycles. The van der Waals surface area contributed by atoms with Gasteiger partial charge in [-0.2, -0.15) is 5.10 Å². The molecule has 1 atom stereocenters. The van der Waals surface area contributed by atoms with Crippen molar-refractivity contribution in [1.29, 1.82) is 0 Å². The summed E-state index contributed by atoms with van der Waals surface area (Å²) in [5.74, 6) is -0.267. The molecule has 3 rings (SSSR count). The standard InChI is InChI=1S/C20H22N4O2/c1-15(16-9-12-21-13-10-16)22-19(25)7-8-20(26)24-14-11-18(23-24)17-5-3-2-4-6-17/h2-6,9-10,12-13,15H,7-8,11,14H2,1H3,(H,22,25). The molecule has 0 radical (unpaired) electrons. The quantitative estimate of drug-likeness (QED) is 0.870. The van der Waals surface area contributed by atoms with Crippen molar-refractivity contribution in [2.75, 3.05) is 6.54 Å². The predicted octanol–water partition coefficient (Wildman–Crippen LogP) is 2.68. The number of benzene rings is 1. The van der Waals surface area contributed by atoms with Gasteiger partial charge in [-0.1, -0.05) is 30.3 Å². The fourth-order valence-electron chi connectivity index (χ4n) is 2.87. The Kier molecular flexibility index (Phi) is 5.73. The van der Waals surface area contributed by atoms with Crippen molar-refractivity contribution >= 4 is 17.5 Å². The largest absolute Gasteiger partial charge is 0.350 e. The molecule has 1 aromatic carbocycles. The van der Waals surface area contributed by atoms with Gasteiger partial charge in [-0.3, -0.25) is 14.6 Å². The molecule has 2 heterocycles. The van der Waals surface area contributed by atoms with E-state index in [1.165, 1.54) is 5.01 Å². The second kappa shape index (κ2) is 8.38. The summed E-state index contributed by atoms with van der Waals surface area (Å²) in [4.78, 5) is 28.4. The maximum absolute atomic E-state index is 12.3. The van der Waals surface area contributed by atoms with Crippen LogP contribution in [-0.4, -0.2) is 34.1 Å². The number of amides is 2. The summed E-state index contributed by atoms with van der Waals surface area (Å²) < 4.78 is 0. The lowest BCUT2D eigenvalue weighted by Gasteiger charge is -2.15. The summed E-state index contributed by atoms with van der Waals surface area (Å²) in [5.41, 5.74) is 2.93. The average Bonchev–Trinajstić information content (AvgIpc) is 3.18. The maximum atomic E-state index is 12.3. The Morgan fingerprint density at radius 2 is 1.85 bits per heavy atom. The van der Waals surface area contributed by atoms with Crippen molar-refractivity contribution in [3.05, 3.63) is 66.0 Å². The summed E-state index contributed by atoms with van der Waals surface area (Å²) in [6.45, 7) is 2.48. The number of pyridine rings is 1. The molecule has 26 heavy (non-hydrogen) atoms. The first-order valence-electron chi connectivity index (χ1n) is 8.76. The van der Waals surface area contributed by atoms with Crippen LogP contribution in [0.1, 0.15) is 43.4 Å². The molecule has 1 aliphatic rings. The van der Waals surface area contributed by atoms with Gasteiger partial charge in [0.1, 0.15) is 0 Å². The zero-order valence-electron chi connectivity index (χ0n) is 14.8. The number of hydrogen-bond donors (Lipinski definition) is 1. The molecule has 0 saturated heterocycles. The zero-order chi connectivity index (χ0) is 18.4. The van der Waals surface area contributed by atoms with Crippen molar-refractivity contribution in [2.24, 2.45) is 5.10 Å². The number of aromatic nitrogens is 1. The van der Waals surface area contributed by atoms with Gasteiger partial charge in [-0.25, -0.2) is 5.01 Å². The molecule has 6 nitrogen and oxygen atoms in total. The average molecular weight is 350 g/mol. The fraction of sp³-hybridized carbons (Fsp3) is 0.300. The van der Waals surface area contributed by atoms with E-state index in [1.54, 1.807) is 12.4 Å². The van der Waals surface area contributed by atoms with E-state index in [4.69, 9.17) is 0 Å². The number of carbonyl (C=O) groups excluding carboxylic acids is 2. The van der Waals surface area contributed by atoms with E-state index in [1.807, 2.05) is 49.4 Å². The monoisotopic (exact) mass is 350 g/mol. The van der Waals surface area contributed by atoms with E-state index in [0.717, 1.165) is 23.3 Å². The molecule has 0 fully saturated rings. The number of hydrogen-bond acceptors (Lipinski definition) is 4. The van der Waals surface area contributed by atoms with Gasteiger partial charge in [0, 0.05) is 31.7 Å². The molecule has 1 aliphatic heterocycles. The first-order chi connectivity index (χ1) is 12.6. The van der Waals surface area contributed by atoms with Crippen molar-refractivity contribution in [3.8, 4) is 0 Å². The first kappa shape index (κ1) is 17.8. The molecule has 6 heteroatoms. The van der Waals surface area contributed by atoms with Gasteiger partial charge in [0.05, 0.1) is 18.3 Å². The van der Waals surface area contributed by atoms with Crippen LogP contribution in [0.5, 0.6) is 0 Å². The van der Waals surface area contributed by atoms with Crippen LogP contribution in [-0.2, 0) is 9.59 Å². The maximum Gasteiger partial charge on any atom is 0.243 e. The lowest BCUT2D eigenvalue weighted by molar-refractivity contribution is -0.133. The van der Waals surface area contributed by atoms with E-state index >= 15 is 0 Å². The summed E-state index contributed by atoms with van der Waals surface area (Å²) in [5, 5.41) is 8.78. The Morgan fingerprint density at radius 3 is 2.58 bits per heavy atom. The Bertz CT molecular complexity index is 790. The lowest BCUT2D eigenvalue weighted by atomic mass is 10.1. The molecular formula is C20H22N4O2. The van der Waals surface area contributed by atoms with Gasteiger partial charge in [0.25, 0.3) is 0 Å². The van der Waals surface area contributed by atoms with Gasteiger partial charge in [0.2, 0.25) is 11.8 Å². The SMILES string of the molecule is CC(NC(=O)CCC(=O)N1CCC(c2ccccc2)=N1)c1ccncc1. The molecule has 1 N–H and O–H groups in total. The normalized spacial score (nSPS) is 14.7. The van der Waals surface area contributed by atoms with Crippen molar-refractivity contribution < 1.29 is 9.59 Å². The minimum atomic E-state index is -0.144. The Hall–Kier alpha value is -3.02. The number of nitrogens with one attached hydrogen (secondary N) is 1. The predicted molar refractivity (Wildman–Crippen MR) is 99.3 cm³/mol. The van der Waals surface area contributed by atoms with Gasteiger partial charge in [-0.05, 0) is 30.2 Å². The molecule has 0 spiro atoms. The fourth-order valence-corrected chi connectivity index (χ4v) is 2.87. The third-order valence-electron chi connectivity index (χ3n) is 4.35. The van der Waals surface area contributed by atoms with Crippen LogP contribution in [0.2, 0.25) is 0 Å². The molecule has 0 bridgehead atoms. The highest BCUT2D eigenvalue weighted by Crippen LogP contribution is 2.15. The first-order valence-corrected chi connectivity index (χ1v) is 8.76. The van der Waals surface area contributed by atoms with Gasteiger partial charge in [0.15, 0.2) is 0 Å². The summed E-state index contributed by atoms with van der Waals surface area (Å²) in [6.07, 6.45) is 4.43. The number of hydrazone groups is 1. The van der Waals surface area contributed by atoms with E-state index in [-0.39, 0.29) is 30.7 Å². The summed E-state index contributed by atoms with van der Waals surface area (Å²) in [6, 6.07) is 13.4. The third-order valence-corrected chi connectivity index (χ3v) is 4.35. The van der Waals surface area contributed by atoms with E-state index in [0.29, 0.717) is 6.54 Å². The van der Waals surface area contributed by atoms with Crippen LogP contribution >= 0.6 is 0 Å². The number of nitrogens with zero attached hydrogens (tertiary/aromatic N) is 3. The van der Waals surface area contributed by atoms with E-state index in [9.17, 15) is 9.59 Å². The lowest BCUT2D eigenvalue weighted by Crippen LogP contribution is -2.29. The Balaban J connectivity index is 1.48. The Labute approximate surface area is 152 Å². The smallest absolute Gasteiger partial charge is 0.243 e. The van der Waals surface area contributed by atoms with Gasteiger partial charge >= 0.3 is 0 Å². The van der Waals surface area contributed by atoms with Crippen molar-refractivity contribution in [3.63, 3.8) is 0 Å².